The van der Waals surface area contributed by atoms with Gasteiger partial charge < -0.3 is 9.30 Å². The van der Waals surface area contributed by atoms with Gasteiger partial charge in [0.1, 0.15) is 11.8 Å². The van der Waals surface area contributed by atoms with Crippen molar-refractivity contribution in [2.45, 2.75) is 13.5 Å². The summed E-state index contributed by atoms with van der Waals surface area (Å²) in [6, 6.07) is 0. The number of hydrogen-bond donors (Lipinski definition) is 0. The molecule has 0 bridgehead atoms. The zero-order valence-electron chi connectivity index (χ0n) is 10.9. The molecule has 2 aromatic rings. The number of carbonyl (C=O) groups excluding carboxylic acids is 1. The quantitative estimate of drug-likeness (QED) is 0.488. The van der Waals surface area contributed by atoms with E-state index in [2.05, 4.69) is 21.5 Å². The molecule has 1 aliphatic carbocycles. The average Bonchev–Trinajstić information content (AvgIpc) is 2.82. The number of fused-ring (bicyclic) bond motifs is 1. The van der Waals surface area contributed by atoms with Crippen molar-refractivity contribution >= 4 is 28.7 Å². The van der Waals surface area contributed by atoms with Crippen molar-refractivity contribution in [3.05, 3.63) is 30.0 Å². The van der Waals surface area contributed by atoms with Crippen LogP contribution in [-0.2, 0) is 16.1 Å². The fourth-order valence-corrected chi connectivity index (χ4v) is 2.49. The summed E-state index contributed by atoms with van der Waals surface area (Å²) in [5.74, 6) is 0.227. The van der Waals surface area contributed by atoms with Crippen molar-refractivity contribution in [1.29, 1.82) is 0 Å². The van der Waals surface area contributed by atoms with Gasteiger partial charge in [-0.1, -0.05) is 23.8 Å². The minimum Gasteiger partial charge on any atom is -0.465 e. The summed E-state index contributed by atoms with van der Waals surface area (Å²) in [7, 11) is 0. The Kier molecular flexibility index (Phi) is 3.17. The van der Waals surface area contributed by atoms with E-state index in [1.54, 1.807) is 6.33 Å². The topological polar surface area (TPSA) is 69.9 Å². The molecule has 0 saturated heterocycles. The molecule has 3 rings (SSSR count). The first-order valence-electron chi connectivity index (χ1n) is 6.21. The Bertz CT molecular complexity index is 697. The molecule has 0 spiro atoms. The van der Waals surface area contributed by atoms with E-state index in [1.165, 1.54) is 13.3 Å². The number of ether oxygens (including phenoxy) is 1. The molecule has 0 aromatic carbocycles. The van der Waals surface area contributed by atoms with Crippen molar-refractivity contribution in [2.75, 3.05) is 6.61 Å². The van der Waals surface area contributed by atoms with Crippen LogP contribution in [0.1, 0.15) is 6.92 Å². The summed E-state index contributed by atoms with van der Waals surface area (Å²) in [5, 5.41) is 0.347. The first-order chi connectivity index (χ1) is 9.58. The van der Waals surface area contributed by atoms with Crippen molar-refractivity contribution in [3.63, 3.8) is 0 Å². The second-order valence-electron chi connectivity index (χ2n) is 4.82. The molecule has 2 atom stereocenters. The van der Waals surface area contributed by atoms with Crippen LogP contribution in [-0.4, -0.2) is 32.1 Å². The van der Waals surface area contributed by atoms with E-state index in [1.807, 2.05) is 4.57 Å². The van der Waals surface area contributed by atoms with Gasteiger partial charge in [-0.25, -0.2) is 15.0 Å². The van der Waals surface area contributed by atoms with Gasteiger partial charge in [-0.3, -0.25) is 4.79 Å². The van der Waals surface area contributed by atoms with Crippen molar-refractivity contribution in [3.8, 4) is 0 Å². The second kappa shape index (κ2) is 4.86. The fourth-order valence-electron chi connectivity index (χ4n) is 2.32. The van der Waals surface area contributed by atoms with Crippen LogP contribution in [0.2, 0.25) is 5.15 Å². The summed E-state index contributed by atoms with van der Waals surface area (Å²) in [6.07, 6.45) is 3.11. The Balaban J connectivity index is 1.73. The lowest BCUT2D eigenvalue weighted by atomic mass is 10.3. The van der Waals surface area contributed by atoms with Crippen LogP contribution in [0.5, 0.6) is 0 Å². The molecule has 2 aromatic heterocycles. The van der Waals surface area contributed by atoms with E-state index >= 15 is 0 Å². The molecule has 0 aliphatic heterocycles. The van der Waals surface area contributed by atoms with Crippen LogP contribution in [0.3, 0.4) is 0 Å². The molecule has 6 nitrogen and oxygen atoms in total. The zero-order valence-corrected chi connectivity index (χ0v) is 11.7. The lowest BCUT2D eigenvalue weighted by molar-refractivity contribution is -0.141. The highest BCUT2D eigenvalue weighted by Gasteiger charge is 2.43. The zero-order chi connectivity index (χ0) is 14.3. The maximum atomic E-state index is 10.8. The van der Waals surface area contributed by atoms with Crippen LogP contribution < -0.4 is 0 Å². The Morgan fingerprint density at radius 3 is 3.00 bits per heavy atom. The molecule has 1 fully saturated rings. The van der Waals surface area contributed by atoms with E-state index in [4.69, 9.17) is 16.3 Å². The number of esters is 1. The third-order valence-corrected chi connectivity index (χ3v) is 3.82. The van der Waals surface area contributed by atoms with Crippen LogP contribution in [0.4, 0.5) is 0 Å². The molecule has 7 heteroatoms. The summed E-state index contributed by atoms with van der Waals surface area (Å²) >= 11 is 5.96. The van der Waals surface area contributed by atoms with Gasteiger partial charge in [-0.2, -0.15) is 0 Å². The summed E-state index contributed by atoms with van der Waals surface area (Å²) in [4.78, 5) is 23.1. The lowest BCUT2D eigenvalue weighted by Gasteiger charge is -2.03. The Morgan fingerprint density at radius 1 is 1.45 bits per heavy atom. The Hall–Kier alpha value is -1.95. The molecule has 2 heterocycles. The van der Waals surface area contributed by atoms with Gasteiger partial charge in [0.25, 0.3) is 0 Å². The molecule has 1 saturated carbocycles. The van der Waals surface area contributed by atoms with Crippen LogP contribution in [0.15, 0.2) is 24.8 Å². The maximum absolute atomic E-state index is 10.8. The molecule has 0 radical (unpaired) electrons. The van der Waals surface area contributed by atoms with Crippen LogP contribution in [0.25, 0.3) is 11.2 Å². The van der Waals surface area contributed by atoms with Gasteiger partial charge in [0.15, 0.2) is 10.8 Å². The molecule has 20 heavy (non-hydrogen) atoms. The van der Waals surface area contributed by atoms with Gasteiger partial charge in [0.2, 0.25) is 0 Å². The van der Waals surface area contributed by atoms with Crippen LogP contribution in [0, 0.1) is 11.8 Å². The van der Waals surface area contributed by atoms with Gasteiger partial charge in [-0.15, -0.1) is 0 Å². The number of nitrogens with zero attached hydrogens (tertiary/aromatic N) is 4. The molecule has 0 amide bonds. The molecule has 0 N–H and O–H groups in total. The van der Waals surface area contributed by atoms with E-state index in [9.17, 15) is 4.79 Å². The summed E-state index contributed by atoms with van der Waals surface area (Å²) in [5.41, 5.74) is 2.39. The standard InChI is InChI=1S/C13H13ClN4O2/c1-7-9(10(7)4-20-8(2)19)3-18-6-17-11-12(14)15-5-16-13(11)18/h5-6,9-10H,1,3-4H2,2H3. The SMILES string of the molecule is C=C1C(COC(C)=O)C1Cn1cnc2c(Cl)ncnc21. The predicted octanol–water partition coefficient (Wildman–Crippen LogP) is 1.84. The van der Waals surface area contributed by atoms with Crippen LogP contribution >= 0.6 is 11.6 Å². The van der Waals surface area contributed by atoms with Gasteiger partial charge in [0.05, 0.1) is 12.9 Å². The van der Waals surface area contributed by atoms with Gasteiger partial charge in [-0.05, 0) is 0 Å². The van der Waals surface area contributed by atoms with E-state index in [0.717, 1.165) is 5.57 Å². The second-order valence-corrected chi connectivity index (χ2v) is 5.18. The summed E-state index contributed by atoms with van der Waals surface area (Å²) in [6.45, 7) is 6.50. The number of rotatable bonds is 4. The highest BCUT2D eigenvalue weighted by atomic mass is 35.5. The third kappa shape index (κ3) is 2.27. The molecule has 104 valence electrons. The van der Waals surface area contributed by atoms with Gasteiger partial charge >= 0.3 is 5.97 Å². The van der Waals surface area contributed by atoms with E-state index in [-0.39, 0.29) is 17.8 Å². The highest BCUT2D eigenvalue weighted by molar-refractivity contribution is 6.33. The minimum absolute atomic E-state index is 0.216. The van der Waals surface area contributed by atoms with Crippen molar-refractivity contribution in [2.24, 2.45) is 11.8 Å². The average molecular weight is 293 g/mol. The van der Waals surface area contributed by atoms with Gasteiger partial charge in [0, 0.05) is 25.3 Å². The minimum atomic E-state index is -0.268. The number of carbonyl (C=O) groups is 1. The maximum Gasteiger partial charge on any atom is 0.302 e. The molecule has 2 unspecified atom stereocenters. The number of aromatic nitrogens is 4. The normalized spacial score (nSPS) is 21.2. The molecular weight excluding hydrogens is 280 g/mol. The third-order valence-electron chi connectivity index (χ3n) is 3.55. The van der Waals surface area contributed by atoms with Crippen molar-refractivity contribution < 1.29 is 9.53 Å². The largest absolute Gasteiger partial charge is 0.465 e. The lowest BCUT2D eigenvalue weighted by Crippen LogP contribution is -2.06. The fraction of sp³-hybridized carbons (Fsp3) is 0.385. The number of hydrogen-bond acceptors (Lipinski definition) is 5. The van der Waals surface area contributed by atoms with Crippen molar-refractivity contribution in [1.82, 2.24) is 19.5 Å². The van der Waals surface area contributed by atoms with E-state index < -0.39 is 0 Å². The Labute approximate surface area is 120 Å². The smallest absolute Gasteiger partial charge is 0.302 e. The van der Waals surface area contributed by atoms with E-state index in [0.29, 0.717) is 29.5 Å². The highest BCUT2D eigenvalue weighted by Crippen LogP contribution is 2.45. The first-order valence-corrected chi connectivity index (χ1v) is 6.59. The number of halogens is 1. The monoisotopic (exact) mass is 292 g/mol. The first kappa shape index (κ1) is 13.1. The molecule has 1 aliphatic rings. The summed E-state index contributed by atoms with van der Waals surface area (Å²) < 4.78 is 6.94. The predicted molar refractivity (Wildman–Crippen MR) is 73.1 cm³/mol. The number of imidazole rings is 1. The Morgan fingerprint density at radius 2 is 2.25 bits per heavy atom. The molecular formula is C13H13ClN4O2.